The number of thiophene rings is 1. The predicted molar refractivity (Wildman–Crippen MR) is 177 cm³/mol. The molecule has 2 saturated heterocycles. The Morgan fingerprint density at radius 2 is 1.69 bits per heavy atom. The van der Waals surface area contributed by atoms with Crippen molar-refractivity contribution in [2.75, 3.05) is 41.3 Å². The van der Waals surface area contributed by atoms with Crippen LogP contribution in [-0.2, 0) is 34.9 Å². The Morgan fingerprint density at radius 3 is 2.33 bits per heavy atom. The summed E-state index contributed by atoms with van der Waals surface area (Å²) in [5, 5.41) is 22.2. The molecule has 1 aliphatic carbocycles. The molecule has 0 amide bonds. The number of aromatic hydroxyl groups is 1. The molecular weight excluding hydrogens is 644 g/mol. The zero-order valence-corrected chi connectivity index (χ0v) is 28.8. The highest BCUT2D eigenvalue weighted by atomic mass is 32.1. The normalized spacial score (nSPS) is 26.5. The van der Waals surface area contributed by atoms with Gasteiger partial charge in [0.1, 0.15) is 19.0 Å². The van der Waals surface area contributed by atoms with E-state index in [1.165, 1.54) is 19.8 Å². The number of aliphatic hydroxyl groups is 1. The highest BCUT2D eigenvalue weighted by Gasteiger charge is 2.46. The second-order valence-corrected chi connectivity index (χ2v) is 11.9. The predicted octanol–water partition coefficient (Wildman–Crippen LogP) is 5.58. The van der Waals surface area contributed by atoms with Gasteiger partial charge in [-0.1, -0.05) is 26.0 Å². The summed E-state index contributed by atoms with van der Waals surface area (Å²) < 4.78 is 51.1. The van der Waals surface area contributed by atoms with E-state index >= 15 is 0 Å². The van der Waals surface area contributed by atoms with Gasteiger partial charge < -0.3 is 57.6 Å². The van der Waals surface area contributed by atoms with Crippen LogP contribution >= 0.6 is 11.3 Å². The zero-order valence-electron chi connectivity index (χ0n) is 28.0. The number of hydrogen-bond acceptors (Lipinski definition) is 13. The monoisotopic (exact) mass is 690 g/mol. The number of phenols is 1. The van der Waals surface area contributed by atoms with Crippen LogP contribution in [0.15, 0.2) is 47.8 Å². The first-order valence-corrected chi connectivity index (χ1v) is 16.8. The molecule has 4 aliphatic rings. The number of phenolic OH excluding ortho intramolecular Hbond substituents is 1. The van der Waals surface area contributed by atoms with Crippen LogP contribution in [0.5, 0.6) is 28.7 Å². The molecule has 1 aromatic heterocycles. The Labute approximate surface area is 285 Å². The fourth-order valence-corrected chi connectivity index (χ4v) is 6.74. The standard InChI is InChI=1S/C24H28O8S.C8H10O3.C2H6.CH2O/c1-26-10-14-5-4-13-7-17-18(29-12-28-17)8-15(13)22(14)31-21-9-16(25)23-19(30-21)11-27-24(32-23)20-3-2-6-33-20;1-10-6-4-3-5-7(11-2)8(6)9;2*1-2/h2-3,6-8,14,16,19,21-25H,4-5,9-12H2,1H3;3-5,9H,1-2H3;1-2H3;1H2/t14?,16?,19?,21?,22?,23?,24-;;;/m1.../s1. The Morgan fingerprint density at radius 1 is 0.979 bits per heavy atom. The Balaban J connectivity index is 0.000000293. The number of carbonyl (C=O) groups excluding carboxylic acids is 1. The number of carbonyl (C=O) groups is 1. The fraction of sp³-hybridized carbons (Fsp3) is 0.514. The molecule has 48 heavy (non-hydrogen) atoms. The van der Waals surface area contributed by atoms with Gasteiger partial charge in [-0.15, -0.1) is 11.3 Å². The molecule has 3 aliphatic heterocycles. The first-order valence-electron chi connectivity index (χ1n) is 15.9. The molecule has 2 fully saturated rings. The Bertz CT molecular complexity index is 1380. The minimum atomic E-state index is -0.708. The number of para-hydroxylation sites is 1. The van der Waals surface area contributed by atoms with Crippen LogP contribution in [0.2, 0.25) is 0 Å². The van der Waals surface area contributed by atoms with Gasteiger partial charge in [-0.3, -0.25) is 0 Å². The molecule has 6 unspecified atom stereocenters. The molecule has 7 rings (SSSR count). The average Bonchev–Trinajstić information content (AvgIpc) is 3.84. The number of benzene rings is 2. The number of rotatable bonds is 7. The van der Waals surface area contributed by atoms with Crippen LogP contribution in [0.1, 0.15) is 55.1 Å². The second-order valence-electron chi connectivity index (χ2n) is 10.9. The number of aryl methyl sites for hydroxylation is 1. The van der Waals surface area contributed by atoms with Gasteiger partial charge in [0, 0.05) is 19.4 Å². The molecule has 0 spiro atoms. The summed E-state index contributed by atoms with van der Waals surface area (Å²) in [7, 11) is 4.70. The molecule has 0 saturated carbocycles. The first kappa shape index (κ1) is 37.4. The second kappa shape index (κ2) is 18.4. The third kappa shape index (κ3) is 8.58. The molecule has 264 valence electrons. The lowest BCUT2D eigenvalue weighted by atomic mass is 9.81. The molecule has 0 bridgehead atoms. The van der Waals surface area contributed by atoms with E-state index in [1.54, 1.807) is 36.6 Å². The van der Waals surface area contributed by atoms with Crippen molar-refractivity contribution in [2.24, 2.45) is 5.92 Å². The van der Waals surface area contributed by atoms with E-state index in [1.807, 2.05) is 44.2 Å². The number of aliphatic hydroxyl groups excluding tert-OH is 1. The van der Waals surface area contributed by atoms with E-state index in [4.69, 9.17) is 47.4 Å². The van der Waals surface area contributed by atoms with Crippen LogP contribution < -0.4 is 18.9 Å². The topological polar surface area (TPSA) is 141 Å². The molecule has 0 radical (unpaired) electrons. The molecule has 3 aromatic rings. The Hall–Kier alpha value is -3.43. The fourth-order valence-electron chi connectivity index (χ4n) is 6.04. The first-order chi connectivity index (χ1) is 23.5. The number of methoxy groups -OCH3 is 3. The summed E-state index contributed by atoms with van der Waals surface area (Å²) >= 11 is 1.57. The van der Waals surface area contributed by atoms with Gasteiger partial charge in [0.05, 0.1) is 44.5 Å². The van der Waals surface area contributed by atoms with Crippen molar-refractivity contribution in [3.05, 3.63) is 63.8 Å². The van der Waals surface area contributed by atoms with Crippen molar-refractivity contribution in [3.63, 3.8) is 0 Å². The molecule has 4 heterocycles. The highest BCUT2D eigenvalue weighted by molar-refractivity contribution is 7.10. The maximum atomic E-state index is 10.9. The molecule has 2 aromatic carbocycles. The van der Waals surface area contributed by atoms with E-state index in [0.717, 1.165) is 34.8 Å². The van der Waals surface area contributed by atoms with Gasteiger partial charge in [-0.05, 0) is 59.7 Å². The number of fused-ring (bicyclic) bond motifs is 3. The van der Waals surface area contributed by atoms with Crippen molar-refractivity contribution in [1.29, 1.82) is 0 Å². The molecule has 7 atom stereocenters. The van der Waals surface area contributed by atoms with E-state index in [9.17, 15) is 10.2 Å². The summed E-state index contributed by atoms with van der Waals surface area (Å²) in [6.45, 7) is 7.15. The summed E-state index contributed by atoms with van der Waals surface area (Å²) in [6, 6.07) is 13.1. The van der Waals surface area contributed by atoms with Gasteiger partial charge in [-0.25, -0.2) is 0 Å². The van der Waals surface area contributed by atoms with Crippen molar-refractivity contribution in [2.45, 2.75) is 70.1 Å². The number of hydrogen-bond donors (Lipinski definition) is 2. The lowest BCUT2D eigenvalue weighted by molar-refractivity contribution is -0.344. The minimum absolute atomic E-state index is 0.0394. The van der Waals surface area contributed by atoms with E-state index in [-0.39, 0.29) is 24.6 Å². The molecule has 13 heteroatoms. The smallest absolute Gasteiger partial charge is 0.231 e. The average molecular weight is 691 g/mol. The van der Waals surface area contributed by atoms with E-state index < -0.39 is 30.9 Å². The highest BCUT2D eigenvalue weighted by Crippen LogP contribution is 2.46. The third-order valence-electron chi connectivity index (χ3n) is 8.21. The summed E-state index contributed by atoms with van der Waals surface area (Å²) in [5.74, 6) is 2.56. The molecular formula is C35H46O12S. The van der Waals surface area contributed by atoms with Crippen molar-refractivity contribution < 1.29 is 57.6 Å². The van der Waals surface area contributed by atoms with Crippen LogP contribution in [0, 0.1) is 5.92 Å². The number of ether oxygens (including phenoxy) is 9. The zero-order chi connectivity index (χ0) is 34.6. The molecule has 12 nitrogen and oxygen atoms in total. The van der Waals surface area contributed by atoms with Gasteiger partial charge in [0.25, 0.3) is 0 Å². The maximum Gasteiger partial charge on any atom is 0.231 e. The minimum Gasteiger partial charge on any atom is -0.502 e. The SMILES string of the molecule is C=O.CC.COCC1CCc2cc3c(cc2C1OC1CC(O)C2O[C@H](c4cccs4)OCC2O1)OCO3.COc1cccc(OC)c1O. The summed E-state index contributed by atoms with van der Waals surface area (Å²) in [6.07, 6.45) is -0.652. The van der Waals surface area contributed by atoms with Crippen molar-refractivity contribution in [1.82, 2.24) is 0 Å². The van der Waals surface area contributed by atoms with Crippen LogP contribution in [0.25, 0.3) is 0 Å². The lowest BCUT2D eigenvalue weighted by Gasteiger charge is -2.45. The Kier molecular flexibility index (Phi) is 14.3. The largest absolute Gasteiger partial charge is 0.502 e. The lowest BCUT2D eigenvalue weighted by Crippen LogP contribution is -2.55. The van der Waals surface area contributed by atoms with Gasteiger partial charge in [0.2, 0.25) is 12.5 Å². The molecule has 2 N–H and O–H groups in total. The van der Waals surface area contributed by atoms with E-state index in [2.05, 4.69) is 6.07 Å². The van der Waals surface area contributed by atoms with Crippen LogP contribution in [-0.4, -0.2) is 82.9 Å². The summed E-state index contributed by atoms with van der Waals surface area (Å²) in [5.41, 5.74) is 2.26. The quantitative estimate of drug-likeness (QED) is 0.320. The summed E-state index contributed by atoms with van der Waals surface area (Å²) in [4.78, 5) is 8.99. The van der Waals surface area contributed by atoms with Crippen molar-refractivity contribution in [3.8, 4) is 28.7 Å². The third-order valence-corrected chi connectivity index (χ3v) is 9.10. The van der Waals surface area contributed by atoms with E-state index in [0.29, 0.717) is 31.1 Å². The maximum absolute atomic E-state index is 10.9. The van der Waals surface area contributed by atoms with Gasteiger partial charge in [-0.2, -0.15) is 0 Å². The van der Waals surface area contributed by atoms with Crippen LogP contribution in [0.3, 0.4) is 0 Å². The van der Waals surface area contributed by atoms with Crippen molar-refractivity contribution >= 4 is 18.1 Å². The van der Waals surface area contributed by atoms with Gasteiger partial charge >= 0.3 is 0 Å². The van der Waals surface area contributed by atoms with Crippen LogP contribution in [0.4, 0.5) is 0 Å². The van der Waals surface area contributed by atoms with Gasteiger partial charge in [0.15, 0.2) is 35.6 Å².